The van der Waals surface area contributed by atoms with Crippen molar-refractivity contribution < 1.29 is 22.3 Å². The van der Waals surface area contributed by atoms with Crippen LogP contribution in [-0.4, -0.2) is 5.48 Å². The number of hydrogen-bond donors (Lipinski definition) is 1. The Hall–Kier alpha value is 0.426. The fourth-order valence-electron chi connectivity index (χ4n) is 0. The van der Waals surface area contributed by atoms with Crippen molar-refractivity contribution in [3.8, 4) is 0 Å². The molecule has 0 unspecified atom stereocenters. The molecule has 0 aliphatic rings. The molecule has 0 aromatic carbocycles. The Morgan fingerprint density at radius 1 is 1.25 bits per heavy atom. The quantitative estimate of drug-likeness (QED) is 0.393. The van der Waals surface area contributed by atoms with Gasteiger partial charge in [-0.1, -0.05) is 0 Å². The van der Waals surface area contributed by atoms with Gasteiger partial charge >= 0.3 is 0 Å². The van der Waals surface area contributed by atoms with Crippen LogP contribution in [0.25, 0.3) is 0 Å². The molecule has 2 nitrogen and oxygen atoms in total. The van der Waals surface area contributed by atoms with Gasteiger partial charge in [-0.3, -0.25) is 7.05 Å². The number of nitrogens with two attached hydrogens (primary N) is 1. The van der Waals surface area contributed by atoms with Crippen LogP contribution in [0, 0.1) is 7.05 Å². The van der Waals surface area contributed by atoms with Crippen molar-refractivity contribution in [3.05, 3.63) is 7.05 Å². The van der Waals surface area contributed by atoms with Gasteiger partial charge in [0.05, 0.1) is 0 Å². The smallest absolute Gasteiger partial charge is 0 e. The van der Waals surface area contributed by atoms with Crippen LogP contribution < -0.4 is 5.73 Å². The van der Waals surface area contributed by atoms with E-state index in [9.17, 15) is 0 Å². The molecule has 0 rings (SSSR count). The van der Waals surface area contributed by atoms with E-state index < -0.39 is 0 Å². The fraction of sp³-hybridized carbons (Fsp3) is 0. The van der Waals surface area contributed by atoms with E-state index >= 15 is 0 Å². The zero-order valence-electron chi connectivity index (χ0n) is 2.12. The molecule has 4 N–H and O–H groups in total. The van der Waals surface area contributed by atoms with Gasteiger partial charge in [-0.2, -0.15) is 0 Å². The second-order valence-corrected chi connectivity index (χ2v) is 0. The number of hydrogen-bond acceptors (Lipinski definition) is 1. The van der Waals surface area contributed by atoms with Gasteiger partial charge in [0.1, 0.15) is 0 Å². The minimum absolute atomic E-state index is 0. The van der Waals surface area contributed by atoms with E-state index in [1.807, 2.05) is 0 Å². The van der Waals surface area contributed by atoms with Crippen LogP contribution in [-0.2, 0) is 16.8 Å². The van der Waals surface area contributed by atoms with Crippen LogP contribution >= 0.6 is 0 Å². The zero-order chi connectivity index (χ0) is 2.00. The summed E-state index contributed by atoms with van der Waals surface area (Å²) in [6.07, 6.45) is 0. The molecule has 1 radical (unpaired) electrons. The molecule has 4 heavy (non-hydrogen) atoms. The first kappa shape index (κ1) is 25.5. The van der Waals surface area contributed by atoms with E-state index in [4.69, 9.17) is 0 Å². The molecule has 0 aliphatic heterocycles. The molecule has 0 saturated heterocycles. The number of rotatable bonds is 0. The molecule has 0 aliphatic carbocycles. The van der Waals surface area contributed by atoms with Gasteiger partial charge < -0.3 is 11.2 Å². The summed E-state index contributed by atoms with van der Waals surface area (Å²) >= 11 is 0. The van der Waals surface area contributed by atoms with Gasteiger partial charge in [-0.05, 0) is 0 Å². The third kappa shape index (κ3) is 27.1. The Morgan fingerprint density at radius 2 is 1.25 bits per heavy atom. The first-order chi connectivity index (χ1) is 1.00. The van der Waals surface area contributed by atoms with Crippen LogP contribution in [0.1, 0.15) is 0 Å². The van der Waals surface area contributed by atoms with Gasteiger partial charge in [0.2, 0.25) is 0 Å². The Morgan fingerprint density at radius 3 is 1.25 bits per heavy atom. The fourth-order valence-corrected chi connectivity index (χ4v) is 0. The summed E-state index contributed by atoms with van der Waals surface area (Å²) in [6, 6.07) is 0. The average Bonchev–Trinajstić information content (AvgIpc) is 1.00. The zero-order valence-corrected chi connectivity index (χ0v) is 3.16. The first-order valence-electron chi connectivity index (χ1n) is 0.408. The van der Waals surface area contributed by atoms with Crippen molar-refractivity contribution in [2.45, 2.75) is 0 Å². The summed E-state index contributed by atoms with van der Waals surface area (Å²) in [6.45, 7) is 0. The van der Waals surface area contributed by atoms with Crippen molar-refractivity contribution in [1.82, 2.24) is 0 Å². The van der Waals surface area contributed by atoms with Gasteiger partial charge in [-0.15, -0.1) is 0 Å². The molecule has 0 spiro atoms. The van der Waals surface area contributed by atoms with E-state index in [1.54, 1.807) is 0 Å². The summed E-state index contributed by atoms with van der Waals surface area (Å²) in [5.74, 6) is 0. The molecule has 31 valence electrons. The molecule has 3 heteroatoms. The average molecular weight is 107 g/mol. The van der Waals surface area contributed by atoms with Crippen LogP contribution in [0.3, 0.4) is 0 Å². The van der Waals surface area contributed by atoms with Gasteiger partial charge in [0, 0.05) is 16.8 Å². The van der Waals surface area contributed by atoms with Crippen LogP contribution in [0.15, 0.2) is 0 Å². The molecule has 0 amide bonds. The Balaban J connectivity index is -0.00000000500. The SMILES string of the molecule is O.[CH2-]N.[Co]. The summed E-state index contributed by atoms with van der Waals surface area (Å²) in [7, 11) is 2.75. The monoisotopic (exact) mass is 107 g/mol. The van der Waals surface area contributed by atoms with Gasteiger partial charge in [0.25, 0.3) is 0 Å². The molecule has 0 bridgehead atoms. The first-order valence-corrected chi connectivity index (χ1v) is 0.408. The van der Waals surface area contributed by atoms with Crippen molar-refractivity contribution in [2.75, 3.05) is 0 Å². The van der Waals surface area contributed by atoms with Crippen molar-refractivity contribution in [2.24, 2.45) is 5.73 Å². The van der Waals surface area contributed by atoms with Gasteiger partial charge in [0.15, 0.2) is 0 Å². The predicted molar refractivity (Wildman–Crippen MR) is 13.2 cm³/mol. The predicted octanol–water partition coefficient (Wildman–Crippen LogP) is -1.09. The van der Waals surface area contributed by atoms with Crippen molar-refractivity contribution in [1.29, 1.82) is 0 Å². The van der Waals surface area contributed by atoms with E-state index in [0.717, 1.165) is 0 Å². The standard InChI is InChI=1S/CH4N.Co.H2O/c1-2;;/h1-2H2;;1H2/q-1;;. The summed E-state index contributed by atoms with van der Waals surface area (Å²) < 4.78 is 0. The Kier molecular flexibility index (Phi) is 708. The molecule has 0 saturated carbocycles. The summed E-state index contributed by atoms with van der Waals surface area (Å²) in [5.41, 5.74) is 4.25. The van der Waals surface area contributed by atoms with Crippen LogP contribution in [0.2, 0.25) is 0 Å². The summed E-state index contributed by atoms with van der Waals surface area (Å²) in [4.78, 5) is 0. The van der Waals surface area contributed by atoms with Crippen molar-refractivity contribution in [3.63, 3.8) is 0 Å². The van der Waals surface area contributed by atoms with Crippen LogP contribution in [0.4, 0.5) is 0 Å². The third-order valence-corrected chi connectivity index (χ3v) is 0. The second-order valence-electron chi connectivity index (χ2n) is 0. The normalized spacial score (nSPS) is 1.50. The maximum Gasteiger partial charge on any atom is 0 e. The molecule has 0 aromatic rings. The maximum absolute atomic E-state index is 4.25. The second kappa shape index (κ2) is 111. The van der Waals surface area contributed by atoms with E-state index in [-0.39, 0.29) is 22.3 Å². The van der Waals surface area contributed by atoms with E-state index in [1.165, 1.54) is 0 Å². The molecular weight excluding hydrogens is 101 g/mol. The third-order valence-electron chi connectivity index (χ3n) is 0. The topological polar surface area (TPSA) is 57.5 Å². The van der Waals surface area contributed by atoms with E-state index in [0.29, 0.717) is 0 Å². The Labute approximate surface area is 35.9 Å². The molecule has 0 aromatic heterocycles. The molecule has 0 atom stereocenters. The van der Waals surface area contributed by atoms with E-state index in [2.05, 4.69) is 12.8 Å². The minimum Gasteiger partial charge on any atom is -0.486 e. The maximum atomic E-state index is 4.25. The van der Waals surface area contributed by atoms with Crippen molar-refractivity contribution >= 4 is 0 Å². The molecular formula is CH6CoNO-. The largest absolute Gasteiger partial charge is 0.486 e. The molecule has 0 fully saturated rings. The Bertz CT molecular complexity index is 8.00. The van der Waals surface area contributed by atoms with Crippen LogP contribution in [0.5, 0.6) is 0 Å². The summed E-state index contributed by atoms with van der Waals surface area (Å²) in [5, 5.41) is 0. The van der Waals surface area contributed by atoms with Gasteiger partial charge in [-0.25, -0.2) is 0 Å². The molecule has 0 heterocycles. The minimum atomic E-state index is 0.